The van der Waals surface area contributed by atoms with Gasteiger partial charge in [0.05, 0.1) is 11.7 Å². The minimum atomic E-state index is -1.12. The first-order chi connectivity index (χ1) is 14.5. The summed E-state index contributed by atoms with van der Waals surface area (Å²) in [6, 6.07) is 15.4. The lowest BCUT2D eigenvalue weighted by atomic mass is 10.0. The molecule has 30 heavy (non-hydrogen) atoms. The average Bonchev–Trinajstić information content (AvgIpc) is 3.37. The topological polar surface area (TPSA) is 57.2 Å². The van der Waals surface area contributed by atoms with E-state index >= 15 is 0 Å². The molecule has 0 spiro atoms. The summed E-state index contributed by atoms with van der Waals surface area (Å²) in [6.45, 7) is 8.26. The number of hydrogen-bond acceptors (Lipinski definition) is 4. The lowest BCUT2D eigenvalue weighted by Crippen LogP contribution is -2.22. The van der Waals surface area contributed by atoms with Gasteiger partial charge in [-0.3, -0.25) is 4.98 Å². The number of nitrogens with zero attached hydrogens (tertiary/aromatic N) is 5. The van der Waals surface area contributed by atoms with Crippen LogP contribution in [0.5, 0.6) is 0 Å². The van der Waals surface area contributed by atoms with Crippen LogP contribution in [0.25, 0.3) is 22.0 Å². The van der Waals surface area contributed by atoms with Gasteiger partial charge in [0.2, 0.25) is 0 Å². The van der Waals surface area contributed by atoms with Gasteiger partial charge >= 0.3 is 0 Å². The van der Waals surface area contributed by atoms with E-state index in [2.05, 4.69) is 47.9 Å². The van der Waals surface area contributed by atoms with Crippen molar-refractivity contribution in [2.75, 3.05) is 6.61 Å². The summed E-state index contributed by atoms with van der Waals surface area (Å²) in [5.41, 5.74) is 4.11. The molecule has 0 radical (unpaired) electrons. The summed E-state index contributed by atoms with van der Waals surface area (Å²) in [5.74, 6) is 0. The lowest BCUT2D eigenvalue weighted by Gasteiger charge is -2.15. The lowest BCUT2D eigenvalue weighted by molar-refractivity contribution is 0.0816. The van der Waals surface area contributed by atoms with E-state index in [1.807, 2.05) is 53.7 Å². The van der Waals surface area contributed by atoms with E-state index in [9.17, 15) is 0 Å². The predicted molar refractivity (Wildman–Crippen MR) is 124 cm³/mol. The number of hydrogen-bond donors (Lipinski definition) is 0. The highest BCUT2D eigenvalue weighted by atomic mass is 28.3. The molecule has 7 heteroatoms. The molecule has 4 rings (SSSR count). The molecule has 0 unspecified atom stereocenters. The minimum Gasteiger partial charge on any atom is -0.360 e. The molecule has 0 saturated carbocycles. The Morgan fingerprint density at radius 3 is 2.53 bits per heavy atom. The predicted octanol–water partition coefficient (Wildman–Crippen LogP) is 5.09. The Kier molecular flexibility index (Phi) is 5.92. The van der Waals surface area contributed by atoms with Gasteiger partial charge in [0, 0.05) is 44.9 Å². The van der Waals surface area contributed by atoms with Crippen molar-refractivity contribution in [2.45, 2.75) is 32.4 Å². The molecule has 0 bridgehead atoms. The fourth-order valence-corrected chi connectivity index (χ4v) is 3.93. The van der Waals surface area contributed by atoms with Crippen LogP contribution in [0.4, 0.5) is 0 Å². The third-order valence-corrected chi connectivity index (χ3v) is 6.61. The van der Waals surface area contributed by atoms with Gasteiger partial charge in [-0.1, -0.05) is 25.7 Å². The first-order valence-electron chi connectivity index (χ1n) is 10.2. The fourth-order valence-electron chi connectivity index (χ4n) is 3.17. The van der Waals surface area contributed by atoms with Crippen LogP contribution < -0.4 is 0 Å². The smallest absolute Gasteiger partial charge is 0.140 e. The van der Waals surface area contributed by atoms with Gasteiger partial charge in [-0.05, 0) is 53.6 Å². The van der Waals surface area contributed by atoms with Crippen LogP contribution in [-0.2, 0) is 11.5 Å². The maximum absolute atomic E-state index is 5.99. The zero-order chi connectivity index (χ0) is 21.0. The van der Waals surface area contributed by atoms with Crippen molar-refractivity contribution in [3.8, 4) is 11.1 Å². The molecule has 0 N–H and O–H groups in total. The zero-order valence-corrected chi connectivity index (χ0v) is 18.7. The van der Waals surface area contributed by atoms with E-state index in [4.69, 9.17) is 9.84 Å². The van der Waals surface area contributed by atoms with E-state index in [1.165, 1.54) is 0 Å². The molecule has 0 atom stereocenters. The highest BCUT2D eigenvalue weighted by Crippen LogP contribution is 2.26. The van der Waals surface area contributed by atoms with Crippen molar-refractivity contribution in [3.05, 3.63) is 72.9 Å². The van der Waals surface area contributed by atoms with Gasteiger partial charge < -0.3 is 4.74 Å². The highest BCUT2D eigenvalue weighted by Gasteiger charge is 2.14. The van der Waals surface area contributed by atoms with Gasteiger partial charge in [0.15, 0.2) is 0 Å². The van der Waals surface area contributed by atoms with Crippen LogP contribution in [-0.4, -0.2) is 40.3 Å². The Morgan fingerprint density at radius 2 is 1.80 bits per heavy atom. The second-order valence-corrected chi connectivity index (χ2v) is 14.1. The first kappa shape index (κ1) is 20.2. The summed E-state index contributed by atoms with van der Waals surface area (Å²) in [6.07, 6.45) is 9.22. The van der Waals surface area contributed by atoms with E-state index < -0.39 is 8.07 Å². The van der Waals surface area contributed by atoms with E-state index in [0.29, 0.717) is 6.73 Å². The number of ether oxygens (including phenoxy) is 1. The van der Waals surface area contributed by atoms with Gasteiger partial charge in [-0.25, -0.2) is 9.36 Å². The second kappa shape index (κ2) is 8.77. The molecule has 0 aliphatic heterocycles. The van der Waals surface area contributed by atoms with Crippen LogP contribution >= 0.6 is 0 Å². The Balaban J connectivity index is 1.66. The molecular formula is C23H27N5OSi. The third-order valence-electron chi connectivity index (χ3n) is 4.91. The van der Waals surface area contributed by atoms with Crippen molar-refractivity contribution >= 4 is 25.2 Å². The zero-order valence-electron chi connectivity index (χ0n) is 17.7. The monoisotopic (exact) mass is 417 g/mol. The molecule has 1 aromatic carbocycles. The Hall–Kier alpha value is -3.03. The van der Waals surface area contributed by atoms with Gasteiger partial charge in [-0.2, -0.15) is 10.2 Å². The Bertz CT molecular complexity index is 1130. The van der Waals surface area contributed by atoms with E-state index in [0.717, 1.165) is 40.4 Å². The second-order valence-electron chi connectivity index (χ2n) is 8.51. The summed E-state index contributed by atoms with van der Waals surface area (Å²) >= 11 is 0. The number of pyridine rings is 1. The molecule has 0 aliphatic carbocycles. The number of rotatable bonds is 8. The van der Waals surface area contributed by atoms with Crippen LogP contribution in [0.2, 0.25) is 25.7 Å². The van der Waals surface area contributed by atoms with Crippen LogP contribution in [0.1, 0.15) is 5.69 Å². The Labute approximate surface area is 177 Å². The normalized spacial score (nSPS) is 12.2. The molecule has 4 aromatic rings. The number of fused-ring (bicyclic) bond motifs is 1. The van der Waals surface area contributed by atoms with Crippen molar-refractivity contribution in [1.82, 2.24) is 19.4 Å². The Morgan fingerprint density at radius 1 is 1.03 bits per heavy atom. The minimum absolute atomic E-state index is 0.429. The molecule has 0 fully saturated rings. The third kappa shape index (κ3) is 4.92. The standard InChI is InChI=1S/C23H27N5OSi/c1-30(2,3)15-14-29-18-28-23-16-20(19-8-10-24-11-9-19)6-7-21(23)22(26-28)17-25-27-12-4-5-13-27/h4-13,16-17H,14-15,18H2,1-3H3/b25-17+. The van der Waals surface area contributed by atoms with E-state index in [-0.39, 0.29) is 0 Å². The SMILES string of the molecule is C[Si](C)(C)CCOCn1nc(/C=N/n2cccc2)c2ccc(-c3ccncc3)cc21. The molecule has 6 nitrogen and oxygen atoms in total. The number of benzene rings is 1. The first-order valence-corrected chi connectivity index (χ1v) is 13.9. The molecule has 154 valence electrons. The number of aromatic nitrogens is 4. The quantitative estimate of drug-likeness (QED) is 0.228. The van der Waals surface area contributed by atoms with E-state index in [1.54, 1.807) is 10.9 Å². The van der Waals surface area contributed by atoms with Crippen molar-refractivity contribution in [2.24, 2.45) is 5.10 Å². The molecule has 3 heterocycles. The molecule has 0 amide bonds. The molecule has 3 aromatic heterocycles. The molecular weight excluding hydrogens is 390 g/mol. The highest BCUT2D eigenvalue weighted by molar-refractivity contribution is 6.76. The van der Waals surface area contributed by atoms with Crippen molar-refractivity contribution < 1.29 is 4.74 Å². The average molecular weight is 418 g/mol. The van der Waals surface area contributed by atoms with Gasteiger partial charge in [-0.15, -0.1) is 0 Å². The van der Waals surface area contributed by atoms with Crippen LogP contribution in [0.3, 0.4) is 0 Å². The van der Waals surface area contributed by atoms with Crippen LogP contribution in [0, 0.1) is 0 Å². The summed E-state index contributed by atoms with van der Waals surface area (Å²) in [5, 5.41) is 10.3. The van der Waals surface area contributed by atoms with Gasteiger partial charge in [0.25, 0.3) is 0 Å². The summed E-state index contributed by atoms with van der Waals surface area (Å²) < 4.78 is 9.68. The van der Waals surface area contributed by atoms with Crippen LogP contribution in [0.15, 0.2) is 72.4 Å². The largest absolute Gasteiger partial charge is 0.360 e. The summed E-state index contributed by atoms with van der Waals surface area (Å²) in [4.78, 5) is 4.12. The fraction of sp³-hybridized carbons (Fsp3) is 0.261. The van der Waals surface area contributed by atoms with Crippen molar-refractivity contribution in [1.29, 1.82) is 0 Å². The summed E-state index contributed by atoms with van der Waals surface area (Å²) in [7, 11) is -1.12. The van der Waals surface area contributed by atoms with Gasteiger partial charge in [0.1, 0.15) is 12.4 Å². The maximum atomic E-state index is 5.99. The van der Waals surface area contributed by atoms with Crippen molar-refractivity contribution in [3.63, 3.8) is 0 Å². The maximum Gasteiger partial charge on any atom is 0.140 e. The molecule has 0 aliphatic rings. The molecule has 0 saturated heterocycles.